The molecule has 0 aliphatic heterocycles. The molecule has 6 heteroatoms. The fourth-order valence-electron chi connectivity index (χ4n) is 3.15. The fourth-order valence-corrected chi connectivity index (χ4v) is 4.59. The van der Waals surface area contributed by atoms with Crippen molar-refractivity contribution in [3.8, 4) is 0 Å². The van der Waals surface area contributed by atoms with Gasteiger partial charge in [-0.05, 0) is 61.9 Å². The summed E-state index contributed by atoms with van der Waals surface area (Å²) < 4.78 is 27.4. The Kier molecular flexibility index (Phi) is 5.56. The molecular formula is C23H26N2O3S. The summed E-state index contributed by atoms with van der Waals surface area (Å²) in [5, 5.41) is 4.26. The number of nitrogens with zero attached hydrogens (tertiary/aromatic N) is 1. The Morgan fingerprint density at radius 2 is 1.69 bits per heavy atom. The third-order valence-electron chi connectivity index (χ3n) is 5.26. The summed E-state index contributed by atoms with van der Waals surface area (Å²) in [6, 6.07) is 15.4. The van der Waals surface area contributed by atoms with Crippen molar-refractivity contribution in [1.29, 1.82) is 0 Å². The summed E-state index contributed by atoms with van der Waals surface area (Å²) in [4.78, 5) is 12.1. The van der Waals surface area contributed by atoms with E-state index in [0.717, 1.165) is 42.4 Å². The lowest BCUT2D eigenvalue weighted by molar-refractivity contribution is 0.0951. The molecule has 1 N–H and O–H groups in total. The van der Waals surface area contributed by atoms with E-state index in [1.165, 1.54) is 5.41 Å². The van der Waals surface area contributed by atoms with Gasteiger partial charge in [-0.2, -0.15) is 4.31 Å². The molecule has 0 atom stereocenters. The summed E-state index contributed by atoms with van der Waals surface area (Å²) in [7, 11) is -3.53. The average Bonchev–Trinajstić information content (AvgIpc) is 3.61. The third kappa shape index (κ3) is 5.34. The predicted octanol–water partition coefficient (Wildman–Crippen LogP) is 3.85. The van der Waals surface area contributed by atoms with Crippen LogP contribution in [-0.4, -0.2) is 30.7 Å². The van der Waals surface area contributed by atoms with Gasteiger partial charge in [-0.3, -0.25) is 4.79 Å². The van der Waals surface area contributed by atoms with Crippen molar-refractivity contribution in [1.82, 2.24) is 9.62 Å². The number of aryl methyl sites for hydroxylation is 1. The van der Waals surface area contributed by atoms with Crippen molar-refractivity contribution >= 4 is 22.0 Å². The Morgan fingerprint density at radius 1 is 1.03 bits per heavy atom. The Labute approximate surface area is 172 Å². The molecule has 2 aromatic carbocycles. The number of hydrogen-bond acceptors (Lipinski definition) is 3. The zero-order valence-corrected chi connectivity index (χ0v) is 17.4. The molecule has 29 heavy (non-hydrogen) atoms. The topological polar surface area (TPSA) is 66.5 Å². The van der Waals surface area contributed by atoms with E-state index in [1.54, 1.807) is 22.5 Å². The van der Waals surface area contributed by atoms with Crippen LogP contribution in [0.5, 0.6) is 0 Å². The molecule has 1 amide bonds. The molecule has 0 aromatic heterocycles. The van der Waals surface area contributed by atoms with E-state index in [-0.39, 0.29) is 11.9 Å². The number of benzene rings is 2. The highest BCUT2D eigenvalue weighted by Gasteiger charge is 2.36. The number of hydrogen-bond donors (Lipinski definition) is 1. The van der Waals surface area contributed by atoms with Crippen molar-refractivity contribution in [2.24, 2.45) is 0 Å². The van der Waals surface area contributed by atoms with E-state index < -0.39 is 10.0 Å². The number of rotatable bonds is 8. The number of amides is 1. The normalized spacial score (nSPS) is 17.0. The zero-order chi connectivity index (χ0) is 20.4. The van der Waals surface area contributed by atoms with Crippen LogP contribution in [0.25, 0.3) is 6.08 Å². The molecule has 2 aliphatic rings. The highest BCUT2D eigenvalue weighted by atomic mass is 32.2. The van der Waals surface area contributed by atoms with Gasteiger partial charge in [0.25, 0.3) is 5.91 Å². The van der Waals surface area contributed by atoms with Crippen molar-refractivity contribution in [3.63, 3.8) is 0 Å². The number of sulfonamides is 1. The van der Waals surface area contributed by atoms with E-state index in [1.807, 2.05) is 43.3 Å². The Balaban J connectivity index is 1.45. The van der Waals surface area contributed by atoms with Gasteiger partial charge < -0.3 is 5.32 Å². The fraction of sp³-hybridized carbons (Fsp3) is 0.348. The second kappa shape index (κ2) is 8.13. The number of carbonyl (C=O) groups excluding carboxylic acids is 1. The van der Waals surface area contributed by atoms with Gasteiger partial charge in [0.05, 0.1) is 0 Å². The Hall–Kier alpha value is -2.44. The van der Waals surface area contributed by atoms with Crippen molar-refractivity contribution in [2.45, 2.75) is 51.2 Å². The van der Waals surface area contributed by atoms with Gasteiger partial charge in [-0.15, -0.1) is 0 Å². The van der Waals surface area contributed by atoms with E-state index >= 15 is 0 Å². The quantitative estimate of drug-likeness (QED) is 0.719. The number of nitrogens with one attached hydrogen (secondary N) is 1. The molecule has 5 nitrogen and oxygen atoms in total. The minimum Gasteiger partial charge on any atom is -0.349 e. The SMILES string of the molecule is Cc1ccc(C=CS(=O)(=O)N(Cc2ccc(C(=O)NC3CC3)cc2)C2CC2)cc1. The summed E-state index contributed by atoms with van der Waals surface area (Å²) in [6.07, 6.45) is 5.52. The average molecular weight is 411 g/mol. The van der Waals surface area contributed by atoms with Crippen molar-refractivity contribution < 1.29 is 13.2 Å². The first-order valence-electron chi connectivity index (χ1n) is 10.1. The van der Waals surface area contributed by atoms with Crippen LogP contribution in [0, 0.1) is 6.92 Å². The molecule has 2 aromatic rings. The first-order chi connectivity index (χ1) is 13.9. The molecule has 0 bridgehead atoms. The second-order valence-electron chi connectivity index (χ2n) is 7.98. The highest BCUT2D eigenvalue weighted by molar-refractivity contribution is 7.92. The number of carbonyl (C=O) groups is 1. The van der Waals surface area contributed by atoms with Gasteiger partial charge in [-0.25, -0.2) is 8.42 Å². The Morgan fingerprint density at radius 3 is 2.28 bits per heavy atom. The van der Waals surface area contributed by atoms with Crippen LogP contribution < -0.4 is 5.32 Å². The van der Waals surface area contributed by atoms with Crippen LogP contribution in [-0.2, 0) is 16.6 Å². The van der Waals surface area contributed by atoms with E-state index in [4.69, 9.17) is 0 Å². The summed E-state index contributed by atoms with van der Waals surface area (Å²) >= 11 is 0. The predicted molar refractivity (Wildman–Crippen MR) is 115 cm³/mol. The van der Waals surface area contributed by atoms with Crippen molar-refractivity contribution in [3.05, 3.63) is 76.2 Å². The van der Waals surface area contributed by atoms with Crippen LogP contribution in [0.15, 0.2) is 53.9 Å². The van der Waals surface area contributed by atoms with Crippen LogP contribution >= 0.6 is 0 Å². The standard InChI is InChI=1S/C23H26N2O3S/c1-17-2-4-18(5-3-17)14-15-29(27,28)25(22-12-13-22)16-19-6-8-20(9-7-19)23(26)24-21-10-11-21/h2-9,14-15,21-22H,10-13,16H2,1H3,(H,24,26). The largest absolute Gasteiger partial charge is 0.349 e. The minimum absolute atomic E-state index is 0.0560. The monoisotopic (exact) mass is 410 g/mol. The van der Waals surface area contributed by atoms with Gasteiger partial charge >= 0.3 is 0 Å². The first-order valence-corrected chi connectivity index (χ1v) is 11.6. The molecule has 4 rings (SSSR count). The van der Waals surface area contributed by atoms with Crippen LogP contribution in [0.3, 0.4) is 0 Å². The molecule has 152 valence electrons. The maximum atomic E-state index is 12.9. The lowest BCUT2D eigenvalue weighted by Crippen LogP contribution is -2.31. The molecular weight excluding hydrogens is 384 g/mol. The molecule has 2 aliphatic carbocycles. The van der Waals surface area contributed by atoms with E-state index in [2.05, 4.69) is 5.32 Å². The Bertz CT molecular complexity index is 1000. The molecule has 0 heterocycles. The zero-order valence-electron chi connectivity index (χ0n) is 16.5. The summed E-state index contributed by atoms with van der Waals surface area (Å²) in [6.45, 7) is 2.32. The maximum absolute atomic E-state index is 12.9. The lowest BCUT2D eigenvalue weighted by Gasteiger charge is -2.20. The summed E-state index contributed by atoms with van der Waals surface area (Å²) in [5.41, 5.74) is 3.49. The smallest absolute Gasteiger partial charge is 0.251 e. The van der Waals surface area contributed by atoms with Crippen LogP contribution in [0.2, 0.25) is 0 Å². The van der Waals surface area contributed by atoms with Gasteiger partial charge in [0, 0.05) is 29.6 Å². The van der Waals surface area contributed by atoms with E-state index in [0.29, 0.717) is 18.2 Å². The summed E-state index contributed by atoms with van der Waals surface area (Å²) in [5.74, 6) is -0.0632. The molecule has 2 saturated carbocycles. The van der Waals surface area contributed by atoms with Gasteiger partial charge in [0.15, 0.2) is 0 Å². The minimum atomic E-state index is -3.53. The third-order valence-corrected chi connectivity index (χ3v) is 6.82. The van der Waals surface area contributed by atoms with Gasteiger partial charge in [0.1, 0.15) is 0 Å². The van der Waals surface area contributed by atoms with Crippen LogP contribution in [0.4, 0.5) is 0 Å². The molecule has 2 fully saturated rings. The highest BCUT2D eigenvalue weighted by Crippen LogP contribution is 2.31. The molecule has 0 saturated heterocycles. The molecule has 0 radical (unpaired) electrons. The molecule has 0 unspecified atom stereocenters. The van der Waals surface area contributed by atoms with Crippen molar-refractivity contribution in [2.75, 3.05) is 0 Å². The molecule has 0 spiro atoms. The van der Waals surface area contributed by atoms with E-state index in [9.17, 15) is 13.2 Å². The second-order valence-corrected chi connectivity index (χ2v) is 9.75. The van der Waals surface area contributed by atoms with Gasteiger partial charge in [-0.1, -0.05) is 42.0 Å². The maximum Gasteiger partial charge on any atom is 0.251 e. The first kappa shape index (κ1) is 19.9. The lowest BCUT2D eigenvalue weighted by atomic mass is 10.1. The van der Waals surface area contributed by atoms with Crippen LogP contribution in [0.1, 0.15) is 52.7 Å². The van der Waals surface area contributed by atoms with Gasteiger partial charge in [0.2, 0.25) is 10.0 Å².